The van der Waals surface area contributed by atoms with Gasteiger partial charge in [0.25, 0.3) is 0 Å². The lowest BCUT2D eigenvalue weighted by molar-refractivity contribution is -0.00000863. The van der Waals surface area contributed by atoms with Crippen LogP contribution in [0.1, 0.15) is 29.9 Å². The summed E-state index contributed by atoms with van der Waals surface area (Å²) in [7, 11) is 0. The largest absolute Gasteiger partial charge is 1.00 e. The first-order valence-corrected chi connectivity index (χ1v) is 10.6. The molecule has 5 rings (SSSR count). The van der Waals surface area contributed by atoms with E-state index in [2.05, 4.69) is 32.2 Å². The van der Waals surface area contributed by atoms with Crippen molar-refractivity contribution in [3.63, 3.8) is 0 Å². The van der Waals surface area contributed by atoms with Crippen LogP contribution in [0.5, 0.6) is 11.5 Å². The molecule has 8 nitrogen and oxygen atoms in total. The van der Waals surface area contributed by atoms with Crippen molar-refractivity contribution in [2.75, 3.05) is 39.5 Å². The van der Waals surface area contributed by atoms with Crippen molar-refractivity contribution >= 4 is 0 Å². The SMILES string of the molecule is CCN1CCN(C(c2ccc(F)cc2)c2nnnn2Cc2ccc3c(c2)OCO3)CC1.[Cl-]. The van der Waals surface area contributed by atoms with E-state index in [0.717, 1.165) is 61.2 Å². The molecule has 0 aliphatic carbocycles. The summed E-state index contributed by atoms with van der Waals surface area (Å²) in [6.07, 6.45) is 0. The average molecular weight is 460 g/mol. The third-order valence-electron chi connectivity index (χ3n) is 5.98. The molecular weight excluding hydrogens is 435 g/mol. The van der Waals surface area contributed by atoms with Crippen molar-refractivity contribution in [1.29, 1.82) is 0 Å². The fraction of sp³-hybridized carbons (Fsp3) is 0.409. The van der Waals surface area contributed by atoms with Gasteiger partial charge in [0.15, 0.2) is 17.3 Å². The molecule has 1 unspecified atom stereocenters. The monoisotopic (exact) mass is 459 g/mol. The van der Waals surface area contributed by atoms with Gasteiger partial charge in [0.2, 0.25) is 6.79 Å². The average Bonchev–Trinajstić information content (AvgIpc) is 3.45. The molecule has 2 aliphatic heterocycles. The molecule has 1 atom stereocenters. The fourth-order valence-electron chi connectivity index (χ4n) is 4.24. The highest BCUT2D eigenvalue weighted by atomic mass is 35.5. The van der Waals surface area contributed by atoms with Gasteiger partial charge in [-0.05, 0) is 52.4 Å². The molecule has 0 bridgehead atoms. The lowest BCUT2D eigenvalue weighted by atomic mass is 10.0. The number of halogens is 2. The van der Waals surface area contributed by atoms with Gasteiger partial charge < -0.3 is 26.8 Å². The Morgan fingerprint density at radius 2 is 1.75 bits per heavy atom. The van der Waals surface area contributed by atoms with E-state index in [1.807, 2.05) is 35.0 Å². The first-order valence-electron chi connectivity index (χ1n) is 10.6. The van der Waals surface area contributed by atoms with Crippen LogP contribution in [0.15, 0.2) is 42.5 Å². The van der Waals surface area contributed by atoms with Crippen molar-refractivity contribution in [2.45, 2.75) is 19.5 Å². The Bertz CT molecular complexity index is 1040. The highest BCUT2D eigenvalue weighted by Crippen LogP contribution is 2.33. The predicted octanol–water partition coefficient (Wildman–Crippen LogP) is -0.680. The highest BCUT2D eigenvalue weighted by Gasteiger charge is 2.30. The second-order valence-electron chi connectivity index (χ2n) is 7.81. The van der Waals surface area contributed by atoms with E-state index in [9.17, 15) is 4.39 Å². The Morgan fingerprint density at radius 1 is 1.00 bits per heavy atom. The van der Waals surface area contributed by atoms with E-state index < -0.39 is 0 Å². The maximum atomic E-state index is 13.6. The number of hydrogen-bond acceptors (Lipinski definition) is 7. The number of fused-ring (bicyclic) bond motifs is 1. The Kier molecular flexibility index (Phi) is 6.88. The van der Waals surface area contributed by atoms with Gasteiger partial charge in [-0.15, -0.1) is 5.10 Å². The maximum Gasteiger partial charge on any atom is 0.231 e. The maximum absolute atomic E-state index is 13.6. The number of benzene rings is 2. The molecule has 0 spiro atoms. The van der Waals surface area contributed by atoms with Gasteiger partial charge in [0.05, 0.1) is 12.6 Å². The van der Waals surface area contributed by atoms with Crippen LogP contribution in [0.4, 0.5) is 4.39 Å². The third-order valence-corrected chi connectivity index (χ3v) is 5.98. The fourth-order valence-corrected chi connectivity index (χ4v) is 4.24. The molecule has 1 fully saturated rings. The molecule has 3 aromatic rings. The van der Waals surface area contributed by atoms with E-state index in [1.54, 1.807) is 0 Å². The number of aromatic nitrogens is 4. The predicted molar refractivity (Wildman–Crippen MR) is 111 cm³/mol. The third kappa shape index (κ3) is 4.55. The zero-order valence-electron chi connectivity index (χ0n) is 17.8. The minimum Gasteiger partial charge on any atom is -1.00 e. The lowest BCUT2D eigenvalue weighted by Crippen LogP contribution is -3.00. The van der Waals surface area contributed by atoms with Crippen LogP contribution in [0, 0.1) is 5.82 Å². The van der Waals surface area contributed by atoms with Crippen LogP contribution < -0.4 is 21.9 Å². The van der Waals surface area contributed by atoms with E-state index in [0.29, 0.717) is 6.54 Å². The van der Waals surface area contributed by atoms with Crippen molar-refractivity contribution < 1.29 is 26.3 Å². The van der Waals surface area contributed by atoms with Crippen LogP contribution in [0.25, 0.3) is 0 Å². The zero-order chi connectivity index (χ0) is 21.2. The first-order chi connectivity index (χ1) is 15.2. The summed E-state index contributed by atoms with van der Waals surface area (Å²) < 4.78 is 26.3. The minimum atomic E-state index is -0.252. The standard InChI is InChI=1S/C22H25FN6O2.ClH/c1-2-27-9-11-28(12-10-27)21(17-4-6-18(23)7-5-17)22-24-25-26-29(22)14-16-3-8-19-20(13-16)31-15-30-19;/h3-8,13,21H,2,9-12,14-15H2,1H3;1H/p-1. The smallest absolute Gasteiger partial charge is 0.231 e. The van der Waals surface area contributed by atoms with Gasteiger partial charge >= 0.3 is 0 Å². The molecule has 0 radical (unpaired) electrons. The molecule has 1 saturated heterocycles. The van der Waals surface area contributed by atoms with E-state index in [4.69, 9.17) is 9.47 Å². The summed E-state index contributed by atoms with van der Waals surface area (Å²) in [6, 6.07) is 12.4. The Labute approximate surface area is 192 Å². The first kappa shape index (κ1) is 22.4. The molecule has 32 heavy (non-hydrogen) atoms. The molecule has 0 N–H and O–H groups in total. The highest BCUT2D eigenvalue weighted by molar-refractivity contribution is 5.44. The van der Waals surface area contributed by atoms with E-state index >= 15 is 0 Å². The van der Waals surface area contributed by atoms with E-state index in [1.165, 1.54) is 12.1 Å². The van der Waals surface area contributed by atoms with Crippen LogP contribution >= 0.6 is 0 Å². The normalized spacial score (nSPS) is 17.2. The van der Waals surface area contributed by atoms with Gasteiger partial charge in [-0.25, -0.2) is 9.07 Å². The summed E-state index contributed by atoms with van der Waals surface area (Å²) in [5.74, 6) is 1.98. The van der Waals surface area contributed by atoms with Crippen molar-refractivity contribution in [1.82, 2.24) is 30.0 Å². The van der Waals surface area contributed by atoms with Crippen LogP contribution in [-0.2, 0) is 6.54 Å². The van der Waals surface area contributed by atoms with Crippen LogP contribution in [0.3, 0.4) is 0 Å². The van der Waals surface area contributed by atoms with Crippen molar-refractivity contribution in [3.8, 4) is 11.5 Å². The second-order valence-corrected chi connectivity index (χ2v) is 7.81. The summed E-state index contributed by atoms with van der Waals surface area (Å²) in [4.78, 5) is 4.80. The van der Waals surface area contributed by atoms with Crippen molar-refractivity contribution in [3.05, 3.63) is 65.2 Å². The van der Waals surface area contributed by atoms with Gasteiger partial charge in [0.1, 0.15) is 5.82 Å². The number of rotatable bonds is 6. The van der Waals surface area contributed by atoms with Gasteiger partial charge in [-0.2, -0.15) is 0 Å². The topological polar surface area (TPSA) is 68.5 Å². The number of likely N-dealkylation sites (N-methyl/N-ethyl adjacent to an activating group) is 1. The summed E-state index contributed by atoms with van der Waals surface area (Å²) in [5, 5.41) is 12.6. The van der Waals surface area contributed by atoms with E-state index in [-0.39, 0.29) is 31.1 Å². The molecule has 1 aromatic heterocycles. The number of ether oxygens (including phenoxy) is 2. The van der Waals surface area contributed by atoms with Gasteiger partial charge in [-0.1, -0.05) is 25.1 Å². The number of nitrogens with zero attached hydrogens (tertiary/aromatic N) is 6. The lowest BCUT2D eigenvalue weighted by Gasteiger charge is -2.38. The quantitative estimate of drug-likeness (QED) is 0.484. The number of hydrogen-bond donors (Lipinski definition) is 0. The molecule has 170 valence electrons. The van der Waals surface area contributed by atoms with Crippen LogP contribution in [0.2, 0.25) is 0 Å². The summed E-state index contributed by atoms with van der Waals surface area (Å²) in [6.45, 7) is 7.72. The van der Waals surface area contributed by atoms with Crippen molar-refractivity contribution in [2.24, 2.45) is 0 Å². The molecular formula is C22H25ClFN6O2-. The minimum absolute atomic E-state index is 0. The Hall–Kier alpha value is -2.75. The Balaban J connectivity index is 0.00000245. The summed E-state index contributed by atoms with van der Waals surface area (Å²) in [5.41, 5.74) is 2.00. The van der Waals surface area contributed by atoms with Gasteiger partial charge in [0, 0.05) is 26.2 Å². The molecule has 0 saturated carbocycles. The molecule has 10 heteroatoms. The second kappa shape index (κ2) is 9.81. The van der Waals surface area contributed by atoms with Crippen LogP contribution in [-0.4, -0.2) is 69.5 Å². The summed E-state index contributed by atoms with van der Waals surface area (Å²) >= 11 is 0. The Morgan fingerprint density at radius 3 is 2.50 bits per heavy atom. The molecule has 2 aliphatic rings. The molecule has 3 heterocycles. The molecule has 2 aromatic carbocycles. The number of piperazine rings is 1. The van der Waals surface area contributed by atoms with Gasteiger partial charge in [-0.3, -0.25) is 4.90 Å². The molecule has 0 amide bonds. The zero-order valence-corrected chi connectivity index (χ0v) is 18.6. The number of tetrazole rings is 1.